The van der Waals surface area contributed by atoms with Crippen LogP contribution in [0.1, 0.15) is 53.7 Å². The molecule has 0 bridgehead atoms. The molecule has 0 atom stereocenters. The molecule has 3 aromatic carbocycles. The van der Waals surface area contributed by atoms with Crippen LogP contribution in [0.25, 0.3) is 0 Å². The van der Waals surface area contributed by atoms with E-state index in [0.29, 0.717) is 21.9 Å². The molecule has 3 aromatic rings. The van der Waals surface area contributed by atoms with Gasteiger partial charge in [-0.1, -0.05) is 41.4 Å². The smallest absolute Gasteiger partial charge is 0.263 e. The summed E-state index contributed by atoms with van der Waals surface area (Å²) < 4.78 is 6.02. The standard InChI is InChI=1S/C30H33ClN2O3/c1-21-4-6-22(7-5-21)20-33-18-16-26(17-19-33)32-29(35)30(2,3)36-27-14-10-24(11-15-27)28(34)23-8-12-25(31)13-9-23/h4-15,26H,16-20H2,1-3H3,(H,32,35). The number of piperidine rings is 1. The Morgan fingerprint density at radius 2 is 1.47 bits per heavy atom. The molecule has 0 aromatic heterocycles. The Balaban J connectivity index is 1.27. The van der Waals surface area contributed by atoms with E-state index >= 15 is 0 Å². The summed E-state index contributed by atoms with van der Waals surface area (Å²) in [4.78, 5) is 28.1. The largest absolute Gasteiger partial charge is 0.478 e. The number of aryl methyl sites for hydroxylation is 1. The first-order valence-electron chi connectivity index (χ1n) is 12.4. The number of amides is 1. The first kappa shape index (κ1) is 25.9. The molecule has 0 saturated carbocycles. The Hall–Kier alpha value is -3.15. The number of carbonyl (C=O) groups is 2. The molecule has 0 aliphatic carbocycles. The van der Waals surface area contributed by atoms with E-state index < -0.39 is 5.60 Å². The SMILES string of the molecule is Cc1ccc(CN2CCC(NC(=O)C(C)(C)Oc3ccc(C(=O)c4ccc(Cl)cc4)cc3)CC2)cc1. The van der Waals surface area contributed by atoms with Gasteiger partial charge in [0.1, 0.15) is 5.75 Å². The summed E-state index contributed by atoms with van der Waals surface area (Å²) in [6, 6.07) is 22.5. The minimum atomic E-state index is -1.04. The van der Waals surface area contributed by atoms with E-state index in [1.54, 1.807) is 62.4 Å². The van der Waals surface area contributed by atoms with Gasteiger partial charge in [0.05, 0.1) is 0 Å². The molecule has 5 nitrogen and oxygen atoms in total. The molecule has 1 N–H and O–H groups in total. The van der Waals surface area contributed by atoms with E-state index in [1.807, 2.05) is 0 Å². The van der Waals surface area contributed by atoms with Gasteiger partial charge < -0.3 is 10.1 Å². The minimum Gasteiger partial charge on any atom is -0.478 e. The van der Waals surface area contributed by atoms with Gasteiger partial charge in [-0.05, 0) is 87.7 Å². The van der Waals surface area contributed by atoms with Crippen LogP contribution in [0.5, 0.6) is 5.75 Å². The molecule has 0 spiro atoms. The predicted molar refractivity (Wildman–Crippen MR) is 144 cm³/mol. The van der Waals surface area contributed by atoms with Crippen LogP contribution in [-0.2, 0) is 11.3 Å². The maximum Gasteiger partial charge on any atom is 0.263 e. The highest BCUT2D eigenvalue weighted by molar-refractivity contribution is 6.30. The Morgan fingerprint density at radius 1 is 0.917 bits per heavy atom. The van der Waals surface area contributed by atoms with Crippen LogP contribution in [-0.4, -0.2) is 41.3 Å². The maximum atomic E-state index is 13.0. The van der Waals surface area contributed by atoms with Crippen LogP contribution in [0.3, 0.4) is 0 Å². The van der Waals surface area contributed by atoms with Gasteiger partial charge in [0.2, 0.25) is 0 Å². The van der Waals surface area contributed by atoms with Crippen molar-refractivity contribution >= 4 is 23.3 Å². The fraction of sp³-hybridized carbons (Fsp3) is 0.333. The van der Waals surface area contributed by atoms with Crippen molar-refractivity contribution in [3.63, 3.8) is 0 Å². The summed E-state index contributed by atoms with van der Waals surface area (Å²) in [6.45, 7) is 8.46. The average molecular weight is 505 g/mol. The first-order valence-corrected chi connectivity index (χ1v) is 12.8. The van der Waals surface area contributed by atoms with Crippen molar-refractivity contribution in [1.29, 1.82) is 0 Å². The molecular weight excluding hydrogens is 472 g/mol. The summed E-state index contributed by atoms with van der Waals surface area (Å²) in [5, 5.41) is 3.76. The second-order valence-electron chi connectivity index (χ2n) is 9.98. The lowest BCUT2D eigenvalue weighted by molar-refractivity contribution is -0.135. The number of nitrogens with one attached hydrogen (secondary N) is 1. The molecule has 1 heterocycles. The normalized spacial score (nSPS) is 14.9. The Morgan fingerprint density at radius 3 is 2.06 bits per heavy atom. The molecular formula is C30H33ClN2O3. The van der Waals surface area contributed by atoms with Crippen molar-refractivity contribution in [2.24, 2.45) is 0 Å². The zero-order valence-electron chi connectivity index (χ0n) is 21.1. The van der Waals surface area contributed by atoms with Crippen LogP contribution in [0.4, 0.5) is 0 Å². The molecule has 1 amide bonds. The highest BCUT2D eigenvalue weighted by atomic mass is 35.5. The summed E-state index contributed by atoms with van der Waals surface area (Å²) >= 11 is 5.91. The summed E-state index contributed by atoms with van der Waals surface area (Å²) in [5.74, 6) is 0.306. The van der Waals surface area contributed by atoms with Gasteiger partial charge in [0.25, 0.3) is 5.91 Å². The zero-order valence-corrected chi connectivity index (χ0v) is 21.8. The fourth-order valence-electron chi connectivity index (χ4n) is 4.33. The maximum absolute atomic E-state index is 13.0. The number of carbonyl (C=O) groups excluding carboxylic acids is 2. The second kappa shape index (κ2) is 11.3. The number of halogens is 1. The minimum absolute atomic E-state index is 0.0936. The number of hydrogen-bond acceptors (Lipinski definition) is 4. The van der Waals surface area contributed by atoms with Gasteiger partial charge in [0, 0.05) is 41.8 Å². The van der Waals surface area contributed by atoms with Crippen LogP contribution in [0.2, 0.25) is 5.02 Å². The number of rotatable bonds is 8. The summed E-state index contributed by atoms with van der Waals surface area (Å²) in [5.41, 5.74) is 2.66. The lowest BCUT2D eigenvalue weighted by Gasteiger charge is -2.34. The van der Waals surface area contributed by atoms with Crippen molar-refractivity contribution in [1.82, 2.24) is 10.2 Å². The molecule has 1 aliphatic heterocycles. The summed E-state index contributed by atoms with van der Waals surface area (Å²) in [6.07, 6.45) is 1.82. The third-order valence-electron chi connectivity index (χ3n) is 6.59. The number of nitrogens with zero attached hydrogens (tertiary/aromatic N) is 1. The van der Waals surface area contributed by atoms with Gasteiger partial charge in [-0.2, -0.15) is 0 Å². The van der Waals surface area contributed by atoms with Crippen molar-refractivity contribution in [2.45, 2.75) is 51.8 Å². The molecule has 6 heteroatoms. The third-order valence-corrected chi connectivity index (χ3v) is 6.84. The van der Waals surface area contributed by atoms with Gasteiger partial charge in [-0.15, -0.1) is 0 Å². The van der Waals surface area contributed by atoms with Gasteiger partial charge >= 0.3 is 0 Å². The molecule has 1 fully saturated rings. The first-order chi connectivity index (χ1) is 17.2. The highest BCUT2D eigenvalue weighted by Crippen LogP contribution is 2.22. The predicted octanol–water partition coefficient (Wildman–Crippen LogP) is 5.82. The molecule has 188 valence electrons. The second-order valence-corrected chi connectivity index (χ2v) is 10.4. The van der Waals surface area contributed by atoms with Gasteiger partial charge in [0.15, 0.2) is 11.4 Å². The van der Waals surface area contributed by atoms with Crippen molar-refractivity contribution < 1.29 is 14.3 Å². The van der Waals surface area contributed by atoms with E-state index in [1.165, 1.54) is 11.1 Å². The van der Waals surface area contributed by atoms with Crippen LogP contribution < -0.4 is 10.1 Å². The van der Waals surface area contributed by atoms with Crippen LogP contribution in [0.15, 0.2) is 72.8 Å². The van der Waals surface area contributed by atoms with Crippen molar-refractivity contribution in [3.8, 4) is 5.75 Å². The Labute approximate surface area is 218 Å². The molecule has 0 radical (unpaired) electrons. The van der Waals surface area contributed by atoms with E-state index in [-0.39, 0.29) is 17.7 Å². The quantitative estimate of drug-likeness (QED) is 0.393. The highest BCUT2D eigenvalue weighted by Gasteiger charge is 2.32. The zero-order chi connectivity index (χ0) is 25.7. The monoisotopic (exact) mass is 504 g/mol. The van der Waals surface area contributed by atoms with Crippen LogP contribution in [0, 0.1) is 6.92 Å². The average Bonchev–Trinajstić information content (AvgIpc) is 2.87. The molecule has 4 rings (SSSR count). The summed E-state index contributed by atoms with van der Waals surface area (Å²) in [7, 11) is 0. The Kier molecular flexibility index (Phi) is 8.12. The number of ketones is 1. The molecule has 0 unspecified atom stereocenters. The van der Waals surface area contributed by atoms with E-state index in [4.69, 9.17) is 16.3 Å². The molecule has 1 saturated heterocycles. The molecule has 36 heavy (non-hydrogen) atoms. The number of ether oxygens (including phenoxy) is 1. The number of hydrogen-bond donors (Lipinski definition) is 1. The van der Waals surface area contributed by atoms with Gasteiger partial charge in [-0.25, -0.2) is 0 Å². The topological polar surface area (TPSA) is 58.6 Å². The van der Waals surface area contributed by atoms with Crippen LogP contribution >= 0.6 is 11.6 Å². The molecule has 1 aliphatic rings. The number of likely N-dealkylation sites (tertiary alicyclic amines) is 1. The van der Waals surface area contributed by atoms with Gasteiger partial charge in [-0.3, -0.25) is 14.5 Å². The van der Waals surface area contributed by atoms with Crippen molar-refractivity contribution in [3.05, 3.63) is 100 Å². The lowest BCUT2D eigenvalue weighted by Crippen LogP contribution is -2.52. The Bertz CT molecular complexity index is 1180. The fourth-order valence-corrected chi connectivity index (χ4v) is 4.46. The van der Waals surface area contributed by atoms with E-state index in [2.05, 4.69) is 41.4 Å². The lowest BCUT2D eigenvalue weighted by atomic mass is 10.0. The van der Waals surface area contributed by atoms with E-state index in [9.17, 15) is 9.59 Å². The third kappa shape index (κ3) is 6.74. The van der Waals surface area contributed by atoms with E-state index in [0.717, 1.165) is 32.5 Å². The van der Waals surface area contributed by atoms with Crippen molar-refractivity contribution in [2.75, 3.05) is 13.1 Å². The number of benzene rings is 3.